The van der Waals surface area contributed by atoms with E-state index in [1.807, 2.05) is 6.92 Å². The number of aliphatic carboxylic acids is 2. The van der Waals surface area contributed by atoms with E-state index in [4.69, 9.17) is 4.74 Å². The van der Waals surface area contributed by atoms with Gasteiger partial charge in [0.2, 0.25) is 0 Å². The molecule has 1 aliphatic heterocycles. The number of aliphatic hydroxyl groups is 1. The summed E-state index contributed by atoms with van der Waals surface area (Å²) in [6.45, 7) is 10.0. The monoisotopic (exact) mass is 566 g/mol. The zero-order chi connectivity index (χ0) is 30.8. The van der Waals surface area contributed by atoms with Gasteiger partial charge in [0.05, 0.1) is 11.1 Å². The zero-order valence-electron chi connectivity index (χ0n) is 24.3. The highest BCUT2D eigenvalue weighted by Crippen LogP contribution is 2.39. The topological polar surface area (TPSA) is 153 Å². The average molecular weight is 567 g/mol. The molecular formula is C31H38N2O8. The first-order valence-corrected chi connectivity index (χ1v) is 13.4. The number of rotatable bonds is 11. The van der Waals surface area contributed by atoms with Crippen molar-refractivity contribution in [3.63, 3.8) is 0 Å². The van der Waals surface area contributed by atoms with Crippen LogP contribution in [0.3, 0.4) is 0 Å². The fourth-order valence-electron chi connectivity index (χ4n) is 4.82. The van der Waals surface area contributed by atoms with Crippen molar-refractivity contribution in [1.82, 2.24) is 10.2 Å². The number of nitrogens with one attached hydrogen (secondary N) is 1. The molecule has 0 radical (unpaired) electrons. The van der Waals surface area contributed by atoms with Gasteiger partial charge >= 0.3 is 17.9 Å². The van der Waals surface area contributed by atoms with E-state index in [9.17, 15) is 34.5 Å². The van der Waals surface area contributed by atoms with Crippen molar-refractivity contribution in [3.05, 3.63) is 71.1 Å². The van der Waals surface area contributed by atoms with E-state index in [0.717, 1.165) is 0 Å². The number of benzene rings is 2. The summed E-state index contributed by atoms with van der Waals surface area (Å²) >= 11 is 0. The van der Waals surface area contributed by atoms with Crippen molar-refractivity contribution >= 4 is 23.7 Å². The molecule has 0 aromatic heterocycles. The molecule has 1 aliphatic rings. The van der Waals surface area contributed by atoms with Crippen LogP contribution in [-0.2, 0) is 25.7 Å². The van der Waals surface area contributed by atoms with Crippen LogP contribution < -0.4 is 5.32 Å². The Kier molecular flexibility index (Phi) is 8.98. The summed E-state index contributed by atoms with van der Waals surface area (Å²) in [6, 6.07) is 13.4. The van der Waals surface area contributed by atoms with E-state index in [1.54, 1.807) is 68.1 Å². The Morgan fingerprint density at radius 1 is 0.951 bits per heavy atom. The Morgan fingerprint density at radius 3 is 2.07 bits per heavy atom. The maximum absolute atomic E-state index is 12.7. The van der Waals surface area contributed by atoms with Crippen LogP contribution in [0.25, 0.3) is 11.1 Å². The fraction of sp³-hybridized carbons (Fsp3) is 0.419. The minimum Gasteiger partial charge on any atom is -0.477 e. The van der Waals surface area contributed by atoms with Gasteiger partial charge in [-0.1, -0.05) is 61.9 Å². The van der Waals surface area contributed by atoms with Crippen molar-refractivity contribution in [2.45, 2.75) is 72.2 Å². The molecule has 0 aliphatic carbocycles. The largest absolute Gasteiger partial charge is 0.477 e. The first-order chi connectivity index (χ1) is 19.0. The quantitative estimate of drug-likeness (QED) is 0.177. The van der Waals surface area contributed by atoms with Crippen LogP contribution in [-0.4, -0.2) is 61.8 Å². The van der Waals surface area contributed by atoms with Crippen LogP contribution in [0.1, 0.15) is 70.3 Å². The molecule has 0 spiro atoms. The van der Waals surface area contributed by atoms with Gasteiger partial charge < -0.3 is 30.3 Å². The van der Waals surface area contributed by atoms with E-state index < -0.39 is 40.4 Å². The van der Waals surface area contributed by atoms with Crippen molar-refractivity contribution in [3.8, 4) is 11.1 Å². The van der Waals surface area contributed by atoms with Crippen molar-refractivity contribution in [1.29, 1.82) is 0 Å². The predicted molar refractivity (Wildman–Crippen MR) is 152 cm³/mol. The number of hydrogen-bond acceptors (Lipinski definition) is 8. The summed E-state index contributed by atoms with van der Waals surface area (Å²) in [7, 11) is 0. The summed E-state index contributed by atoms with van der Waals surface area (Å²) in [5, 5.41) is 33.6. The summed E-state index contributed by atoms with van der Waals surface area (Å²) in [6.07, 6.45) is 1.03. The highest BCUT2D eigenvalue weighted by Gasteiger charge is 2.51. The molecule has 10 heteroatoms. The number of ether oxygens (including phenoxy) is 1. The molecule has 0 saturated heterocycles. The predicted octanol–water partition coefficient (Wildman–Crippen LogP) is 4.18. The summed E-state index contributed by atoms with van der Waals surface area (Å²) in [4.78, 5) is 50.5. The van der Waals surface area contributed by atoms with Crippen molar-refractivity contribution < 1.29 is 39.2 Å². The smallest absolute Gasteiger partial charge is 0.377 e. The van der Waals surface area contributed by atoms with Gasteiger partial charge in [-0.25, -0.2) is 9.59 Å². The Labute approximate surface area is 239 Å². The number of hydrogen-bond donors (Lipinski definition) is 4. The molecule has 2 aromatic carbocycles. The summed E-state index contributed by atoms with van der Waals surface area (Å²) < 4.78 is 5.71. The van der Waals surface area contributed by atoms with Gasteiger partial charge in [0, 0.05) is 12.1 Å². The normalized spacial score (nSPS) is 17.3. The van der Waals surface area contributed by atoms with E-state index in [-0.39, 0.29) is 30.1 Å². The molecular weight excluding hydrogens is 528 g/mol. The number of carboxylic acid groups (broad SMARTS) is 2. The van der Waals surface area contributed by atoms with Crippen molar-refractivity contribution in [2.24, 2.45) is 5.41 Å². The van der Waals surface area contributed by atoms with Crippen molar-refractivity contribution in [2.75, 3.05) is 6.61 Å². The lowest BCUT2D eigenvalue weighted by molar-refractivity contribution is -0.158. The average Bonchev–Trinajstić information content (AvgIpc) is 3.21. The Morgan fingerprint density at radius 2 is 1.56 bits per heavy atom. The molecule has 10 nitrogen and oxygen atoms in total. The van der Waals surface area contributed by atoms with Crippen LogP contribution in [0.5, 0.6) is 0 Å². The van der Waals surface area contributed by atoms with Gasteiger partial charge in [0.25, 0.3) is 5.78 Å². The highest BCUT2D eigenvalue weighted by atomic mass is 16.5. The number of Topliss-reactive ketones (excluding diaryl/α,β-unsaturated/α-hetero) is 1. The van der Waals surface area contributed by atoms with Gasteiger partial charge in [-0.2, -0.15) is 0 Å². The lowest BCUT2D eigenvalue weighted by Gasteiger charge is -2.41. The van der Waals surface area contributed by atoms with E-state index in [1.165, 1.54) is 19.9 Å². The van der Waals surface area contributed by atoms with E-state index in [0.29, 0.717) is 29.5 Å². The van der Waals surface area contributed by atoms with E-state index >= 15 is 0 Å². The Bertz CT molecular complexity index is 1370. The summed E-state index contributed by atoms with van der Waals surface area (Å²) in [5.41, 5.74) is -1.61. The second-order valence-corrected chi connectivity index (χ2v) is 11.8. The van der Waals surface area contributed by atoms with Gasteiger partial charge in [-0.15, -0.1) is 0 Å². The van der Waals surface area contributed by atoms with Gasteiger partial charge in [-0.3, -0.25) is 9.59 Å². The number of esters is 1. The third-order valence-corrected chi connectivity index (χ3v) is 6.89. The lowest BCUT2D eigenvalue weighted by Crippen LogP contribution is -2.57. The Balaban J connectivity index is 2.05. The minimum absolute atomic E-state index is 0.0602. The van der Waals surface area contributed by atoms with Gasteiger partial charge in [0.1, 0.15) is 23.6 Å². The molecule has 0 fully saturated rings. The van der Waals surface area contributed by atoms with E-state index in [2.05, 4.69) is 5.32 Å². The number of carbonyl (C=O) groups excluding carboxylic acids is 2. The third kappa shape index (κ3) is 6.77. The third-order valence-electron chi connectivity index (χ3n) is 6.89. The summed E-state index contributed by atoms with van der Waals surface area (Å²) in [5.74, 6) is -4.25. The number of nitrogens with zero attached hydrogens (tertiary/aromatic N) is 1. The van der Waals surface area contributed by atoms with Crippen LogP contribution in [0.4, 0.5) is 0 Å². The molecule has 1 heterocycles. The second-order valence-electron chi connectivity index (χ2n) is 11.8. The standard InChI is InChI=1S/C31H38N2O8/c1-7-16-31(18-41-28(39)29(2,3)4)32-25(30(5,6)40)23(26(35)36)33(31)17-19-12-14-20(15-13-19)21-10-8-9-11-22(21)24(34)27(37)38/h8-15,32,40H,7,16-18H2,1-6H3,(H,35,36)(H,37,38). The van der Waals surface area contributed by atoms with Crippen LogP contribution in [0, 0.1) is 5.41 Å². The number of carbonyl (C=O) groups is 4. The number of carboxylic acids is 2. The lowest BCUT2D eigenvalue weighted by atomic mass is 9.95. The first-order valence-electron chi connectivity index (χ1n) is 13.4. The highest BCUT2D eigenvalue weighted by molar-refractivity contribution is 6.41. The van der Waals surface area contributed by atoms with Crippen LogP contribution in [0.15, 0.2) is 59.9 Å². The molecule has 0 amide bonds. The zero-order valence-corrected chi connectivity index (χ0v) is 24.3. The Hall–Kier alpha value is -4.18. The molecule has 1 atom stereocenters. The molecule has 41 heavy (non-hydrogen) atoms. The van der Waals surface area contributed by atoms with Gasteiger partial charge in [0.15, 0.2) is 0 Å². The minimum atomic E-state index is -1.55. The molecule has 0 saturated carbocycles. The molecule has 3 rings (SSSR count). The first kappa shape index (κ1) is 31.3. The maximum Gasteiger partial charge on any atom is 0.377 e. The van der Waals surface area contributed by atoms with Gasteiger partial charge in [-0.05, 0) is 57.7 Å². The SMILES string of the molecule is CCCC1(COC(=O)C(C)(C)C)NC(C(C)(C)O)=C(C(=O)O)N1Cc1ccc(-c2ccccc2C(=O)C(=O)O)cc1. The second kappa shape index (κ2) is 11.7. The van der Waals surface area contributed by atoms with Crippen LogP contribution in [0.2, 0.25) is 0 Å². The fourth-order valence-corrected chi connectivity index (χ4v) is 4.82. The maximum atomic E-state index is 12.7. The number of ketones is 1. The molecule has 220 valence electrons. The van der Waals surface area contributed by atoms with Crippen LogP contribution >= 0.6 is 0 Å². The molecule has 4 N–H and O–H groups in total. The molecule has 1 unspecified atom stereocenters. The molecule has 0 bridgehead atoms. The molecule has 2 aromatic rings.